The number of nitrogens with one attached hydrogen (secondary N) is 1. The Balaban J connectivity index is 2.10. The second kappa shape index (κ2) is 3.99. The van der Waals surface area contributed by atoms with Gasteiger partial charge in [-0.1, -0.05) is 0 Å². The summed E-state index contributed by atoms with van der Waals surface area (Å²) in [5.41, 5.74) is 0. The van der Waals surface area contributed by atoms with Crippen molar-refractivity contribution in [1.82, 2.24) is 9.03 Å². The van der Waals surface area contributed by atoms with E-state index in [1.54, 1.807) is 0 Å². The fourth-order valence-corrected chi connectivity index (χ4v) is 3.01. The molecule has 0 amide bonds. The van der Waals surface area contributed by atoms with Gasteiger partial charge < -0.3 is 9.47 Å². The molecule has 88 valence electrons. The molecule has 2 aliphatic heterocycles. The molecule has 0 aromatic carbocycles. The largest absolute Gasteiger partial charge is 0.346 e. The predicted molar refractivity (Wildman–Crippen MR) is 53.4 cm³/mol. The summed E-state index contributed by atoms with van der Waals surface area (Å²) < 4.78 is 37.9. The van der Waals surface area contributed by atoms with E-state index in [9.17, 15) is 8.42 Å². The third-order valence-corrected chi connectivity index (χ3v) is 4.30. The summed E-state index contributed by atoms with van der Waals surface area (Å²) in [6.07, 6.45) is 1.53. The van der Waals surface area contributed by atoms with Gasteiger partial charge in [-0.15, -0.1) is 0 Å². The summed E-state index contributed by atoms with van der Waals surface area (Å²) in [5, 5.41) is 0. The van der Waals surface area contributed by atoms with Gasteiger partial charge in [0.25, 0.3) is 10.2 Å². The molecule has 0 radical (unpaired) electrons. The van der Waals surface area contributed by atoms with Gasteiger partial charge in [-0.3, -0.25) is 0 Å². The highest BCUT2D eigenvalue weighted by Crippen LogP contribution is 2.30. The van der Waals surface area contributed by atoms with Crippen LogP contribution in [0.3, 0.4) is 0 Å². The molecule has 2 fully saturated rings. The lowest BCUT2D eigenvalue weighted by Crippen LogP contribution is -2.53. The Bertz CT molecular complexity index is 324. The minimum absolute atomic E-state index is 0.288. The first-order chi connectivity index (χ1) is 7.08. The normalized spacial score (nSPS) is 27.3. The number of rotatable bonds is 2. The van der Waals surface area contributed by atoms with Gasteiger partial charge in [0.1, 0.15) is 0 Å². The molecule has 0 unspecified atom stereocenters. The van der Waals surface area contributed by atoms with Crippen LogP contribution in [0.25, 0.3) is 0 Å². The van der Waals surface area contributed by atoms with Gasteiger partial charge >= 0.3 is 0 Å². The first-order valence-corrected chi connectivity index (χ1v) is 6.49. The van der Waals surface area contributed by atoms with Crippen LogP contribution in [0.2, 0.25) is 0 Å². The van der Waals surface area contributed by atoms with Crippen LogP contribution in [0.1, 0.15) is 12.8 Å². The summed E-state index contributed by atoms with van der Waals surface area (Å²) in [7, 11) is -1.95. The Labute approximate surface area is 89.7 Å². The molecule has 2 rings (SSSR count). The maximum atomic E-state index is 11.6. The molecule has 15 heavy (non-hydrogen) atoms. The highest BCUT2D eigenvalue weighted by atomic mass is 32.2. The van der Waals surface area contributed by atoms with Crippen molar-refractivity contribution in [3.63, 3.8) is 0 Å². The molecule has 0 atom stereocenters. The zero-order valence-electron chi connectivity index (χ0n) is 8.73. The molecule has 6 nitrogen and oxygen atoms in total. The molecule has 2 aliphatic rings. The van der Waals surface area contributed by atoms with Crippen molar-refractivity contribution in [3.05, 3.63) is 0 Å². The molecular weight excluding hydrogens is 220 g/mol. The first kappa shape index (κ1) is 11.3. The molecule has 0 bridgehead atoms. The number of nitrogens with zero attached hydrogens (tertiary/aromatic N) is 1. The highest BCUT2D eigenvalue weighted by Gasteiger charge is 2.43. The van der Waals surface area contributed by atoms with Crippen LogP contribution in [0.15, 0.2) is 0 Å². The standard InChI is InChI=1S/C8H16N2O4S/c1-9-15(11,12)10-4-2-3-8(7-10)13-5-6-14-8/h9H,2-7H2,1H3. The Kier molecular flexibility index (Phi) is 3.00. The monoisotopic (exact) mass is 236 g/mol. The second-order valence-electron chi connectivity index (χ2n) is 3.75. The molecule has 2 saturated heterocycles. The van der Waals surface area contributed by atoms with Crippen molar-refractivity contribution < 1.29 is 17.9 Å². The lowest BCUT2D eigenvalue weighted by atomic mass is 10.1. The van der Waals surface area contributed by atoms with Crippen LogP contribution >= 0.6 is 0 Å². The van der Waals surface area contributed by atoms with E-state index < -0.39 is 16.0 Å². The van der Waals surface area contributed by atoms with E-state index in [0.717, 1.165) is 12.8 Å². The third kappa shape index (κ3) is 2.16. The van der Waals surface area contributed by atoms with E-state index in [0.29, 0.717) is 19.8 Å². The van der Waals surface area contributed by atoms with E-state index in [1.807, 2.05) is 0 Å². The van der Waals surface area contributed by atoms with Crippen molar-refractivity contribution in [1.29, 1.82) is 0 Å². The lowest BCUT2D eigenvalue weighted by Gasteiger charge is -2.37. The van der Waals surface area contributed by atoms with Crippen LogP contribution < -0.4 is 4.72 Å². The molecule has 7 heteroatoms. The molecule has 0 aromatic rings. The highest BCUT2D eigenvalue weighted by molar-refractivity contribution is 7.87. The molecule has 1 spiro atoms. The maximum absolute atomic E-state index is 11.6. The van der Waals surface area contributed by atoms with Gasteiger partial charge in [-0.05, 0) is 6.42 Å². The van der Waals surface area contributed by atoms with Crippen molar-refractivity contribution in [2.45, 2.75) is 18.6 Å². The van der Waals surface area contributed by atoms with Gasteiger partial charge in [0.05, 0.1) is 19.8 Å². The van der Waals surface area contributed by atoms with Crippen LogP contribution in [0, 0.1) is 0 Å². The van der Waals surface area contributed by atoms with E-state index in [4.69, 9.17) is 9.47 Å². The summed E-state index contributed by atoms with van der Waals surface area (Å²) >= 11 is 0. The molecule has 0 aliphatic carbocycles. The van der Waals surface area contributed by atoms with Crippen molar-refractivity contribution in [2.24, 2.45) is 0 Å². The SMILES string of the molecule is CNS(=O)(=O)N1CCCC2(C1)OCCO2. The van der Waals surface area contributed by atoms with Crippen LogP contribution in [0.5, 0.6) is 0 Å². The van der Waals surface area contributed by atoms with Gasteiger partial charge in [0.15, 0.2) is 5.79 Å². The number of hydrogen-bond acceptors (Lipinski definition) is 4. The van der Waals surface area contributed by atoms with Crippen LogP contribution in [-0.4, -0.2) is 51.9 Å². The zero-order valence-corrected chi connectivity index (χ0v) is 9.55. The van der Waals surface area contributed by atoms with Gasteiger partial charge in [0.2, 0.25) is 0 Å². The van der Waals surface area contributed by atoms with Crippen molar-refractivity contribution >= 4 is 10.2 Å². The predicted octanol–water partition coefficient (Wildman–Crippen LogP) is -0.710. The zero-order chi connectivity index (χ0) is 10.9. The Morgan fingerprint density at radius 1 is 1.33 bits per heavy atom. The van der Waals surface area contributed by atoms with E-state index in [2.05, 4.69) is 4.72 Å². The maximum Gasteiger partial charge on any atom is 0.279 e. The Hall–Kier alpha value is -0.210. The van der Waals surface area contributed by atoms with Crippen LogP contribution in [-0.2, 0) is 19.7 Å². The fraction of sp³-hybridized carbons (Fsp3) is 1.00. The fourth-order valence-electron chi connectivity index (χ4n) is 2.02. The average Bonchev–Trinajstić information content (AvgIpc) is 2.66. The van der Waals surface area contributed by atoms with Gasteiger partial charge in [-0.25, -0.2) is 4.72 Å². The topological polar surface area (TPSA) is 67.9 Å². The number of piperidine rings is 1. The molecule has 0 saturated carbocycles. The Morgan fingerprint density at radius 2 is 2.00 bits per heavy atom. The number of ether oxygens (including phenoxy) is 2. The third-order valence-electron chi connectivity index (χ3n) is 2.79. The second-order valence-corrected chi connectivity index (χ2v) is 5.63. The van der Waals surface area contributed by atoms with E-state index in [1.165, 1.54) is 11.4 Å². The van der Waals surface area contributed by atoms with Crippen LogP contribution in [0.4, 0.5) is 0 Å². The molecule has 2 heterocycles. The van der Waals surface area contributed by atoms with Crippen molar-refractivity contribution in [2.75, 3.05) is 33.4 Å². The minimum atomic E-state index is -3.36. The minimum Gasteiger partial charge on any atom is -0.346 e. The van der Waals surface area contributed by atoms with Crippen molar-refractivity contribution in [3.8, 4) is 0 Å². The first-order valence-electron chi connectivity index (χ1n) is 5.05. The lowest BCUT2D eigenvalue weighted by molar-refractivity contribution is -0.179. The van der Waals surface area contributed by atoms with E-state index >= 15 is 0 Å². The molecular formula is C8H16N2O4S. The summed E-state index contributed by atoms with van der Waals surface area (Å²) in [6.45, 7) is 1.91. The Morgan fingerprint density at radius 3 is 2.60 bits per heavy atom. The summed E-state index contributed by atoms with van der Waals surface area (Å²) in [4.78, 5) is 0. The van der Waals surface area contributed by atoms with Gasteiger partial charge in [0, 0.05) is 20.0 Å². The quantitative estimate of drug-likeness (QED) is 0.687. The smallest absolute Gasteiger partial charge is 0.279 e. The molecule has 0 aromatic heterocycles. The summed E-state index contributed by atoms with van der Waals surface area (Å²) in [5.74, 6) is -0.692. The molecule has 1 N–H and O–H groups in total. The average molecular weight is 236 g/mol. The van der Waals surface area contributed by atoms with E-state index in [-0.39, 0.29) is 6.54 Å². The summed E-state index contributed by atoms with van der Waals surface area (Å²) in [6, 6.07) is 0. The van der Waals surface area contributed by atoms with Gasteiger partial charge in [-0.2, -0.15) is 12.7 Å². The number of hydrogen-bond donors (Lipinski definition) is 1.